The first kappa shape index (κ1) is 21.2. The maximum Gasteiger partial charge on any atom is 0.573 e. The molecule has 0 amide bonds. The summed E-state index contributed by atoms with van der Waals surface area (Å²) >= 11 is 0. The van der Waals surface area contributed by atoms with E-state index < -0.39 is 6.36 Å². The van der Waals surface area contributed by atoms with E-state index in [4.69, 9.17) is 5.11 Å². The smallest absolute Gasteiger partial charge is 0.406 e. The van der Waals surface area contributed by atoms with Crippen LogP contribution in [0.2, 0.25) is 0 Å². The molecule has 1 aromatic carbocycles. The van der Waals surface area contributed by atoms with Crippen LogP contribution in [-0.2, 0) is 13.0 Å². The number of ether oxygens (including phenoxy) is 1. The Morgan fingerprint density at radius 3 is 2.69 bits per heavy atom. The molecule has 6 nitrogen and oxygen atoms in total. The highest BCUT2D eigenvalue weighted by Gasteiger charge is 2.31. The number of halogens is 3. The van der Waals surface area contributed by atoms with Crippen molar-refractivity contribution in [3.8, 4) is 5.75 Å². The highest BCUT2D eigenvalue weighted by atomic mass is 19.4. The number of aliphatic hydroxyl groups excluding tert-OH is 1. The van der Waals surface area contributed by atoms with Gasteiger partial charge in [0.05, 0.1) is 0 Å². The molecule has 29 heavy (non-hydrogen) atoms. The van der Waals surface area contributed by atoms with Crippen LogP contribution in [0.4, 0.5) is 24.8 Å². The molecule has 9 heteroatoms. The van der Waals surface area contributed by atoms with E-state index in [2.05, 4.69) is 24.9 Å². The highest BCUT2D eigenvalue weighted by molar-refractivity contribution is 5.52. The van der Waals surface area contributed by atoms with Crippen molar-refractivity contribution in [1.29, 1.82) is 0 Å². The molecular weight excluding hydrogens is 385 g/mol. The maximum atomic E-state index is 12.4. The minimum absolute atomic E-state index is 0.102. The molecule has 0 atom stereocenters. The Morgan fingerprint density at radius 2 is 2.00 bits per heavy atom. The minimum Gasteiger partial charge on any atom is -0.406 e. The summed E-state index contributed by atoms with van der Waals surface area (Å²) in [4.78, 5) is 11.3. The lowest BCUT2D eigenvalue weighted by atomic mass is 9.99. The summed E-state index contributed by atoms with van der Waals surface area (Å²) in [5, 5.41) is 12.2. The molecule has 0 fully saturated rings. The number of alkyl halides is 3. The Labute approximate surface area is 167 Å². The molecule has 0 bridgehead atoms. The van der Waals surface area contributed by atoms with Crippen molar-refractivity contribution >= 4 is 11.6 Å². The first-order valence-electron chi connectivity index (χ1n) is 9.61. The van der Waals surface area contributed by atoms with Crippen molar-refractivity contribution in [3.63, 3.8) is 0 Å². The Morgan fingerprint density at radius 1 is 1.21 bits per heavy atom. The zero-order chi connectivity index (χ0) is 21.0. The van der Waals surface area contributed by atoms with E-state index in [1.807, 2.05) is 19.9 Å². The van der Waals surface area contributed by atoms with Crippen molar-refractivity contribution in [1.82, 2.24) is 9.97 Å². The third-order valence-corrected chi connectivity index (χ3v) is 4.63. The van der Waals surface area contributed by atoms with Crippen LogP contribution in [0.3, 0.4) is 0 Å². The van der Waals surface area contributed by atoms with Gasteiger partial charge in [-0.15, -0.1) is 13.2 Å². The molecule has 0 aliphatic carbocycles. The van der Waals surface area contributed by atoms with Gasteiger partial charge in [-0.25, -0.2) is 9.97 Å². The average molecular weight is 410 g/mol. The van der Waals surface area contributed by atoms with Crippen molar-refractivity contribution in [2.24, 2.45) is 0 Å². The van der Waals surface area contributed by atoms with Gasteiger partial charge in [-0.3, -0.25) is 0 Å². The molecule has 0 saturated carbocycles. The number of aliphatic hydroxyl groups is 1. The van der Waals surface area contributed by atoms with Gasteiger partial charge in [0.1, 0.15) is 23.2 Å². The largest absolute Gasteiger partial charge is 0.573 e. The normalized spacial score (nSPS) is 14.1. The van der Waals surface area contributed by atoms with Crippen molar-refractivity contribution < 1.29 is 23.0 Å². The second kappa shape index (κ2) is 8.86. The van der Waals surface area contributed by atoms with E-state index in [0.29, 0.717) is 44.1 Å². The van der Waals surface area contributed by atoms with E-state index >= 15 is 0 Å². The van der Waals surface area contributed by atoms with Crippen LogP contribution in [-0.4, -0.2) is 41.1 Å². The quantitative estimate of drug-likeness (QED) is 0.676. The number of anilines is 2. The summed E-state index contributed by atoms with van der Waals surface area (Å²) in [6, 6.07) is 6.35. The summed E-state index contributed by atoms with van der Waals surface area (Å²) in [6.07, 6.45) is -3.48. The Balaban J connectivity index is 1.80. The molecule has 1 aliphatic rings. The van der Waals surface area contributed by atoms with Gasteiger partial charge >= 0.3 is 6.36 Å². The maximum absolute atomic E-state index is 12.4. The average Bonchev–Trinajstić information content (AvgIpc) is 2.66. The zero-order valence-electron chi connectivity index (χ0n) is 16.5. The third kappa shape index (κ3) is 5.72. The van der Waals surface area contributed by atoms with Gasteiger partial charge in [0.15, 0.2) is 0 Å². The molecule has 0 unspecified atom stereocenters. The first-order valence-corrected chi connectivity index (χ1v) is 9.61. The predicted molar refractivity (Wildman–Crippen MR) is 104 cm³/mol. The standard InChI is InChI=1S/C20H25F3N4O2/c1-13(2)19-25-17(24-7-3-9-28)11-18(26-19)27-8-6-14-10-16(29-20(21,22)23)5-4-15(14)12-27/h4-5,10-11,13,28H,3,6-9,12H2,1-2H3,(H,24,25,26). The van der Waals surface area contributed by atoms with Gasteiger partial charge in [-0.2, -0.15) is 0 Å². The van der Waals surface area contributed by atoms with Gasteiger partial charge in [0.2, 0.25) is 0 Å². The van der Waals surface area contributed by atoms with Crippen molar-refractivity contribution in [2.75, 3.05) is 29.9 Å². The Bertz CT molecular complexity index is 843. The fraction of sp³-hybridized carbons (Fsp3) is 0.500. The summed E-state index contributed by atoms with van der Waals surface area (Å²) in [6.45, 7) is 5.92. The van der Waals surface area contributed by atoms with Crippen molar-refractivity contribution in [2.45, 2.75) is 45.5 Å². The van der Waals surface area contributed by atoms with Crippen LogP contribution in [0.5, 0.6) is 5.75 Å². The summed E-state index contributed by atoms with van der Waals surface area (Å²) in [5.74, 6) is 2.15. The minimum atomic E-state index is -4.69. The van der Waals surface area contributed by atoms with Gasteiger partial charge in [0.25, 0.3) is 0 Å². The third-order valence-electron chi connectivity index (χ3n) is 4.63. The summed E-state index contributed by atoms with van der Waals surface area (Å²) in [7, 11) is 0. The van der Waals surface area contributed by atoms with Crippen LogP contribution in [0.15, 0.2) is 24.3 Å². The number of hydrogen-bond donors (Lipinski definition) is 2. The highest BCUT2D eigenvalue weighted by Crippen LogP contribution is 2.30. The molecule has 1 aromatic heterocycles. The molecule has 158 valence electrons. The van der Waals surface area contributed by atoms with Gasteiger partial charge in [-0.05, 0) is 36.1 Å². The summed E-state index contributed by atoms with van der Waals surface area (Å²) in [5.41, 5.74) is 1.80. The number of nitrogens with one attached hydrogen (secondary N) is 1. The monoisotopic (exact) mass is 410 g/mol. The number of fused-ring (bicyclic) bond motifs is 1. The van der Waals surface area contributed by atoms with Crippen LogP contribution in [0, 0.1) is 0 Å². The second-order valence-electron chi connectivity index (χ2n) is 7.28. The van der Waals surface area contributed by atoms with Gasteiger partial charge in [-0.1, -0.05) is 19.9 Å². The Hall–Kier alpha value is -2.55. The zero-order valence-corrected chi connectivity index (χ0v) is 16.5. The van der Waals surface area contributed by atoms with Crippen LogP contribution < -0.4 is 15.0 Å². The lowest BCUT2D eigenvalue weighted by molar-refractivity contribution is -0.274. The molecule has 2 heterocycles. The topological polar surface area (TPSA) is 70.5 Å². The van der Waals surface area contributed by atoms with E-state index in [0.717, 1.165) is 16.9 Å². The molecule has 2 aromatic rings. The molecule has 0 radical (unpaired) electrons. The SMILES string of the molecule is CC(C)c1nc(NCCCO)cc(N2CCc3cc(OC(F)(F)F)ccc3C2)n1. The number of benzene rings is 1. The van der Waals surface area contributed by atoms with E-state index in [9.17, 15) is 13.2 Å². The fourth-order valence-corrected chi connectivity index (χ4v) is 3.18. The Kier molecular flexibility index (Phi) is 6.46. The van der Waals surface area contributed by atoms with Gasteiger partial charge < -0.3 is 20.1 Å². The van der Waals surface area contributed by atoms with Crippen molar-refractivity contribution in [3.05, 3.63) is 41.2 Å². The van der Waals surface area contributed by atoms with Gasteiger partial charge in [0, 0.05) is 38.2 Å². The number of aromatic nitrogens is 2. The fourth-order valence-electron chi connectivity index (χ4n) is 3.18. The molecule has 0 saturated heterocycles. The molecular formula is C20H25F3N4O2. The molecule has 0 spiro atoms. The molecule has 3 rings (SSSR count). The van der Waals surface area contributed by atoms with Crippen LogP contribution in [0.1, 0.15) is 43.1 Å². The van der Waals surface area contributed by atoms with Crippen LogP contribution >= 0.6 is 0 Å². The number of rotatable bonds is 7. The number of hydrogen-bond acceptors (Lipinski definition) is 6. The van der Waals surface area contributed by atoms with E-state index in [-0.39, 0.29) is 18.3 Å². The lowest BCUT2D eigenvalue weighted by Gasteiger charge is -2.30. The van der Waals surface area contributed by atoms with E-state index in [1.165, 1.54) is 12.1 Å². The molecule has 2 N–H and O–H groups in total. The molecule has 1 aliphatic heterocycles. The first-order chi connectivity index (χ1) is 13.7. The van der Waals surface area contributed by atoms with Crippen LogP contribution in [0.25, 0.3) is 0 Å². The predicted octanol–water partition coefficient (Wildman–Crippen LogP) is 3.86. The lowest BCUT2D eigenvalue weighted by Crippen LogP contribution is -2.31. The van der Waals surface area contributed by atoms with E-state index in [1.54, 1.807) is 6.07 Å². The summed E-state index contributed by atoms with van der Waals surface area (Å²) < 4.78 is 41.4. The second-order valence-corrected chi connectivity index (χ2v) is 7.28. The number of nitrogens with zero attached hydrogens (tertiary/aromatic N) is 3.